The number of aromatic nitrogens is 1. The molecule has 23 heavy (non-hydrogen) atoms. The molecule has 0 spiro atoms. The van der Waals surface area contributed by atoms with E-state index in [0.717, 1.165) is 44.6 Å². The minimum absolute atomic E-state index is 0.0308. The van der Waals surface area contributed by atoms with Crippen molar-refractivity contribution in [3.63, 3.8) is 0 Å². The maximum Gasteiger partial charge on any atom is 0.238 e. The van der Waals surface area contributed by atoms with Gasteiger partial charge in [-0.05, 0) is 50.9 Å². The Labute approximate surface area is 137 Å². The maximum atomic E-state index is 12.2. The standard InChI is InChI=1S/C17H26N4O2/c22-13-16-4-2-9-20(16)11-15-3-1-10-21(15)12-17(23)19-14-5-7-18-8-6-14/h5-8,15-16,22H,1-4,9-13H2,(H,18,19,23). The van der Waals surface area contributed by atoms with Crippen LogP contribution in [0.2, 0.25) is 0 Å². The molecule has 2 atom stereocenters. The van der Waals surface area contributed by atoms with Crippen molar-refractivity contribution in [2.75, 3.05) is 38.1 Å². The lowest BCUT2D eigenvalue weighted by Gasteiger charge is -2.30. The van der Waals surface area contributed by atoms with Gasteiger partial charge in [0.2, 0.25) is 5.91 Å². The maximum absolute atomic E-state index is 12.2. The molecule has 1 aromatic heterocycles. The summed E-state index contributed by atoms with van der Waals surface area (Å²) in [6.45, 7) is 3.69. The molecule has 3 rings (SSSR count). The first-order valence-electron chi connectivity index (χ1n) is 8.55. The molecule has 3 heterocycles. The number of likely N-dealkylation sites (tertiary alicyclic amines) is 2. The average Bonchev–Trinajstić information content (AvgIpc) is 3.18. The van der Waals surface area contributed by atoms with E-state index in [-0.39, 0.29) is 12.5 Å². The van der Waals surface area contributed by atoms with Crippen LogP contribution in [-0.4, -0.2) is 70.7 Å². The Bertz CT molecular complexity index is 511. The highest BCUT2D eigenvalue weighted by molar-refractivity contribution is 5.92. The number of nitrogens with one attached hydrogen (secondary N) is 1. The van der Waals surface area contributed by atoms with Crippen LogP contribution in [0.15, 0.2) is 24.5 Å². The fourth-order valence-corrected chi connectivity index (χ4v) is 3.74. The van der Waals surface area contributed by atoms with Crippen LogP contribution in [0.1, 0.15) is 25.7 Å². The van der Waals surface area contributed by atoms with Crippen LogP contribution in [0.3, 0.4) is 0 Å². The molecular formula is C17H26N4O2. The number of amides is 1. The predicted molar refractivity (Wildman–Crippen MR) is 89.1 cm³/mol. The molecule has 126 valence electrons. The molecule has 2 aliphatic heterocycles. The summed E-state index contributed by atoms with van der Waals surface area (Å²) in [6.07, 6.45) is 7.89. The summed E-state index contributed by atoms with van der Waals surface area (Å²) in [6, 6.07) is 4.33. The minimum Gasteiger partial charge on any atom is -0.395 e. The monoisotopic (exact) mass is 318 g/mol. The van der Waals surface area contributed by atoms with E-state index in [0.29, 0.717) is 18.6 Å². The number of aliphatic hydroxyl groups is 1. The van der Waals surface area contributed by atoms with Gasteiger partial charge in [0.1, 0.15) is 0 Å². The molecule has 0 radical (unpaired) electrons. The lowest BCUT2D eigenvalue weighted by Crippen LogP contribution is -2.45. The molecule has 2 N–H and O–H groups in total. The zero-order chi connectivity index (χ0) is 16.1. The molecule has 0 bridgehead atoms. The van der Waals surface area contributed by atoms with Crippen LogP contribution in [-0.2, 0) is 4.79 Å². The largest absolute Gasteiger partial charge is 0.395 e. The highest BCUT2D eigenvalue weighted by Gasteiger charge is 2.31. The summed E-state index contributed by atoms with van der Waals surface area (Å²) in [4.78, 5) is 20.9. The zero-order valence-corrected chi connectivity index (χ0v) is 13.5. The molecule has 0 saturated carbocycles. The predicted octanol–water partition coefficient (Wildman–Crippen LogP) is 0.941. The Kier molecular flexibility index (Phi) is 5.59. The van der Waals surface area contributed by atoms with Crippen molar-refractivity contribution in [3.8, 4) is 0 Å². The molecule has 0 aliphatic carbocycles. The first-order valence-corrected chi connectivity index (χ1v) is 8.55. The number of hydrogen-bond acceptors (Lipinski definition) is 5. The summed E-state index contributed by atoms with van der Waals surface area (Å²) in [5.41, 5.74) is 0.792. The Morgan fingerprint density at radius 2 is 1.87 bits per heavy atom. The first kappa shape index (κ1) is 16.4. The SMILES string of the molecule is O=C(CN1CCCC1CN1CCCC1CO)Nc1ccncc1. The van der Waals surface area contributed by atoms with Gasteiger partial charge in [0.15, 0.2) is 0 Å². The molecule has 6 nitrogen and oxygen atoms in total. The van der Waals surface area contributed by atoms with Crippen LogP contribution in [0.4, 0.5) is 5.69 Å². The second-order valence-electron chi connectivity index (χ2n) is 6.52. The molecular weight excluding hydrogens is 292 g/mol. The lowest BCUT2D eigenvalue weighted by atomic mass is 10.2. The van der Waals surface area contributed by atoms with Gasteiger partial charge in [-0.15, -0.1) is 0 Å². The molecule has 2 aliphatic rings. The Hall–Kier alpha value is -1.50. The van der Waals surface area contributed by atoms with Crippen LogP contribution in [0.25, 0.3) is 0 Å². The van der Waals surface area contributed by atoms with Crippen molar-refractivity contribution in [1.29, 1.82) is 0 Å². The lowest BCUT2D eigenvalue weighted by molar-refractivity contribution is -0.117. The molecule has 2 saturated heterocycles. The van der Waals surface area contributed by atoms with Gasteiger partial charge in [-0.2, -0.15) is 0 Å². The van der Waals surface area contributed by atoms with E-state index in [9.17, 15) is 9.90 Å². The highest BCUT2D eigenvalue weighted by atomic mass is 16.3. The van der Waals surface area contributed by atoms with Gasteiger partial charge in [-0.3, -0.25) is 19.6 Å². The number of hydrogen-bond donors (Lipinski definition) is 2. The molecule has 2 fully saturated rings. The zero-order valence-electron chi connectivity index (χ0n) is 13.5. The first-order chi connectivity index (χ1) is 11.3. The highest BCUT2D eigenvalue weighted by Crippen LogP contribution is 2.23. The Morgan fingerprint density at radius 3 is 2.61 bits per heavy atom. The molecule has 2 unspecified atom stereocenters. The topological polar surface area (TPSA) is 68.7 Å². The second-order valence-corrected chi connectivity index (χ2v) is 6.52. The van der Waals surface area contributed by atoms with Gasteiger partial charge < -0.3 is 10.4 Å². The van der Waals surface area contributed by atoms with E-state index in [4.69, 9.17) is 0 Å². The summed E-state index contributed by atoms with van der Waals surface area (Å²) < 4.78 is 0. The van der Waals surface area contributed by atoms with E-state index < -0.39 is 0 Å². The van der Waals surface area contributed by atoms with E-state index in [1.165, 1.54) is 6.42 Å². The number of aliphatic hydroxyl groups excluding tert-OH is 1. The van der Waals surface area contributed by atoms with Crippen molar-refractivity contribution in [3.05, 3.63) is 24.5 Å². The summed E-state index contributed by atoms with van der Waals surface area (Å²) in [5, 5.41) is 12.4. The number of anilines is 1. The third-order valence-corrected chi connectivity index (χ3v) is 4.96. The third kappa shape index (κ3) is 4.28. The smallest absolute Gasteiger partial charge is 0.238 e. The summed E-state index contributed by atoms with van der Waals surface area (Å²) in [7, 11) is 0. The Balaban J connectivity index is 1.51. The summed E-state index contributed by atoms with van der Waals surface area (Å²) in [5.74, 6) is 0.0308. The van der Waals surface area contributed by atoms with Gasteiger partial charge in [0.25, 0.3) is 0 Å². The van der Waals surface area contributed by atoms with Gasteiger partial charge in [0, 0.05) is 36.7 Å². The van der Waals surface area contributed by atoms with Crippen molar-refractivity contribution in [2.45, 2.75) is 37.8 Å². The van der Waals surface area contributed by atoms with E-state index in [1.807, 2.05) is 0 Å². The quantitative estimate of drug-likeness (QED) is 0.817. The average molecular weight is 318 g/mol. The fraction of sp³-hybridized carbons (Fsp3) is 0.647. The second kappa shape index (κ2) is 7.86. The van der Waals surface area contributed by atoms with Gasteiger partial charge >= 0.3 is 0 Å². The number of nitrogens with zero attached hydrogens (tertiary/aromatic N) is 3. The van der Waals surface area contributed by atoms with E-state index in [2.05, 4.69) is 20.1 Å². The molecule has 1 aromatic rings. The van der Waals surface area contributed by atoms with Crippen molar-refractivity contribution in [2.24, 2.45) is 0 Å². The number of rotatable bonds is 6. The van der Waals surface area contributed by atoms with Gasteiger partial charge in [0.05, 0.1) is 13.2 Å². The van der Waals surface area contributed by atoms with Gasteiger partial charge in [-0.1, -0.05) is 0 Å². The van der Waals surface area contributed by atoms with Crippen molar-refractivity contribution in [1.82, 2.24) is 14.8 Å². The van der Waals surface area contributed by atoms with E-state index in [1.54, 1.807) is 24.5 Å². The van der Waals surface area contributed by atoms with E-state index >= 15 is 0 Å². The Morgan fingerprint density at radius 1 is 1.17 bits per heavy atom. The number of carbonyl (C=O) groups excluding carboxylic acids is 1. The van der Waals surface area contributed by atoms with Crippen LogP contribution in [0, 0.1) is 0 Å². The van der Waals surface area contributed by atoms with Crippen LogP contribution in [0.5, 0.6) is 0 Å². The number of carbonyl (C=O) groups is 1. The molecule has 0 aromatic carbocycles. The third-order valence-electron chi connectivity index (χ3n) is 4.96. The summed E-state index contributed by atoms with van der Waals surface area (Å²) >= 11 is 0. The van der Waals surface area contributed by atoms with Crippen molar-refractivity contribution < 1.29 is 9.90 Å². The molecule has 6 heteroatoms. The van der Waals surface area contributed by atoms with Crippen LogP contribution >= 0.6 is 0 Å². The van der Waals surface area contributed by atoms with Crippen molar-refractivity contribution >= 4 is 11.6 Å². The van der Waals surface area contributed by atoms with Gasteiger partial charge in [-0.25, -0.2) is 0 Å². The minimum atomic E-state index is 0.0308. The normalized spacial score (nSPS) is 25.8. The fourth-order valence-electron chi connectivity index (χ4n) is 3.74. The molecule has 1 amide bonds. The van der Waals surface area contributed by atoms with Crippen LogP contribution < -0.4 is 5.32 Å². The number of pyridine rings is 1.